The number of hydrazine groups is 1. The van der Waals surface area contributed by atoms with Crippen LogP contribution in [0.5, 0.6) is 0 Å². The third-order valence-corrected chi connectivity index (χ3v) is 8.36. The first-order valence-electron chi connectivity index (χ1n) is 14.2. The van der Waals surface area contributed by atoms with Gasteiger partial charge in [0.25, 0.3) is 5.91 Å². The van der Waals surface area contributed by atoms with Crippen molar-refractivity contribution in [2.75, 3.05) is 12.8 Å². The van der Waals surface area contributed by atoms with Gasteiger partial charge in [-0.2, -0.15) is 0 Å². The Labute approximate surface area is 270 Å². The first-order chi connectivity index (χ1) is 20.9. The molecule has 2 aliphatic rings. The van der Waals surface area contributed by atoms with Crippen molar-refractivity contribution in [2.24, 2.45) is 0 Å². The Bertz CT molecular complexity index is 1560. The molecule has 4 atom stereocenters. The quantitative estimate of drug-likeness (QED) is 0.330. The molecule has 0 radical (unpaired) electrons. The summed E-state index contributed by atoms with van der Waals surface area (Å²) < 4.78 is 37.3. The largest absolute Gasteiger partial charge is 0.460 e. The van der Waals surface area contributed by atoms with Gasteiger partial charge < -0.3 is 19.6 Å². The molecule has 1 aromatic carbocycles. The number of amides is 3. The van der Waals surface area contributed by atoms with Crippen LogP contribution in [0.15, 0.2) is 28.8 Å². The second-order valence-electron chi connectivity index (χ2n) is 11.8. The number of carbonyl (C=O) groups excluding carboxylic acids is 4. The summed E-state index contributed by atoms with van der Waals surface area (Å²) in [7, 11) is -3.83. The van der Waals surface area contributed by atoms with Gasteiger partial charge in [-0.05, 0) is 52.2 Å². The van der Waals surface area contributed by atoms with E-state index in [0.717, 1.165) is 16.3 Å². The van der Waals surface area contributed by atoms with Gasteiger partial charge in [0.2, 0.25) is 27.7 Å². The molecule has 1 aromatic heterocycles. The molecule has 246 valence electrons. The number of hydrogen-bond donors (Lipinski definition) is 3. The molecule has 2 aromatic rings. The number of aliphatic hydroxyl groups excluding tert-OH is 1. The van der Waals surface area contributed by atoms with E-state index in [4.69, 9.17) is 32.4 Å². The van der Waals surface area contributed by atoms with Crippen molar-refractivity contribution in [1.29, 1.82) is 0 Å². The summed E-state index contributed by atoms with van der Waals surface area (Å²) in [5, 5.41) is 16.6. The smallest absolute Gasteiger partial charge is 0.308 e. The number of carbonyl (C=O) groups is 4. The molecule has 4 rings (SSSR count). The van der Waals surface area contributed by atoms with Gasteiger partial charge in [-0.25, -0.2) is 23.1 Å². The Morgan fingerprint density at radius 2 is 1.87 bits per heavy atom. The Morgan fingerprint density at radius 1 is 1.20 bits per heavy atom. The highest BCUT2D eigenvalue weighted by Crippen LogP contribution is 2.36. The predicted octanol–water partition coefficient (Wildman–Crippen LogP) is 2.34. The maximum Gasteiger partial charge on any atom is 0.308 e. The lowest BCUT2D eigenvalue weighted by atomic mass is 10.0. The monoisotopic (exact) mass is 687 g/mol. The van der Waals surface area contributed by atoms with Gasteiger partial charge in [0.05, 0.1) is 40.5 Å². The number of halogens is 2. The summed E-state index contributed by atoms with van der Waals surface area (Å²) in [6.07, 6.45) is 0.248. The molecular weight excluding hydrogens is 653 g/mol. The Hall–Kier alpha value is -3.24. The number of benzene rings is 1. The average Bonchev–Trinajstić information content (AvgIpc) is 3.37. The van der Waals surface area contributed by atoms with E-state index in [1.165, 1.54) is 6.20 Å². The second-order valence-corrected chi connectivity index (χ2v) is 14.4. The number of esters is 1. The van der Waals surface area contributed by atoms with E-state index < -0.39 is 70.0 Å². The zero-order valence-corrected chi connectivity index (χ0v) is 27.4. The maximum atomic E-state index is 13.8. The maximum absolute atomic E-state index is 13.8. The number of ether oxygens (including phenoxy) is 1. The van der Waals surface area contributed by atoms with Crippen LogP contribution >= 0.6 is 23.2 Å². The van der Waals surface area contributed by atoms with Gasteiger partial charge in [0.15, 0.2) is 11.9 Å². The van der Waals surface area contributed by atoms with Crippen LogP contribution in [0.25, 0.3) is 11.3 Å². The molecule has 3 heterocycles. The molecule has 0 saturated carbocycles. The lowest BCUT2D eigenvalue weighted by Crippen LogP contribution is -2.64. The molecule has 2 saturated heterocycles. The van der Waals surface area contributed by atoms with Crippen LogP contribution in [0.3, 0.4) is 0 Å². The summed E-state index contributed by atoms with van der Waals surface area (Å²) >= 11 is 12.6. The molecule has 14 nitrogen and oxygen atoms in total. The highest BCUT2D eigenvalue weighted by molar-refractivity contribution is 7.88. The molecular formula is C28H35Cl2N5O9S. The van der Waals surface area contributed by atoms with Crippen molar-refractivity contribution >= 4 is 56.9 Å². The van der Waals surface area contributed by atoms with Gasteiger partial charge >= 0.3 is 5.97 Å². The molecule has 2 aliphatic heterocycles. The molecule has 1 unspecified atom stereocenters. The number of sulfonamides is 1. The fraction of sp³-hybridized carbons (Fsp3) is 0.536. The normalized spacial score (nSPS) is 20.7. The number of aromatic nitrogens is 1. The first-order valence-corrected chi connectivity index (χ1v) is 16.8. The van der Waals surface area contributed by atoms with E-state index >= 15 is 0 Å². The van der Waals surface area contributed by atoms with Gasteiger partial charge in [-0.15, -0.1) is 0 Å². The van der Waals surface area contributed by atoms with Crippen LogP contribution < -0.4 is 10.0 Å². The van der Waals surface area contributed by atoms with Gasteiger partial charge in [0, 0.05) is 13.0 Å². The van der Waals surface area contributed by atoms with Crippen molar-refractivity contribution in [3.8, 4) is 11.3 Å². The van der Waals surface area contributed by atoms with Crippen LogP contribution in [0, 0.1) is 0 Å². The van der Waals surface area contributed by atoms with E-state index in [9.17, 15) is 32.7 Å². The third kappa shape index (κ3) is 8.52. The summed E-state index contributed by atoms with van der Waals surface area (Å²) in [4.78, 5) is 57.3. The molecule has 3 N–H and O–H groups in total. The predicted molar refractivity (Wildman–Crippen MR) is 162 cm³/mol. The molecule has 0 bridgehead atoms. The van der Waals surface area contributed by atoms with Crippen molar-refractivity contribution in [1.82, 2.24) is 25.0 Å². The first kappa shape index (κ1) is 34.6. The number of fused-ring (bicyclic) bond motifs is 1. The van der Waals surface area contributed by atoms with Gasteiger partial charge in [0.1, 0.15) is 17.7 Å². The zero-order valence-electron chi connectivity index (χ0n) is 25.1. The Balaban J connectivity index is 1.63. The number of nitrogens with zero attached hydrogens (tertiary/aromatic N) is 3. The summed E-state index contributed by atoms with van der Waals surface area (Å²) in [6, 6.07) is 0.927. The molecule has 2 fully saturated rings. The van der Waals surface area contributed by atoms with Crippen LogP contribution in [0.2, 0.25) is 10.0 Å². The molecule has 0 spiro atoms. The molecule has 3 amide bonds. The highest BCUT2D eigenvalue weighted by Gasteiger charge is 2.45. The third-order valence-electron chi connectivity index (χ3n) is 7.02. The molecule has 45 heavy (non-hydrogen) atoms. The van der Waals surface area contributed by atoms with Crippen LogP contribution in [-0.2, 0) is 33.9 Å². The van der Waals surface area contributed by atoms with Crippen molar-refractivity contribution in [2.45, 2.75) is 82.7 Å². The van der Waals surface area contributed by atoms with Crippen LogP contribution in [0.1, 0.15) is 64.9 Å². The summed E-state index contributed by atoms with van der Waals surface area (Å²) in [6.45, 7) is 5.11. The minimum absolute atomic E-state index is 0.0893. The number of aliphatic hydroxyl groups is 1. The molecule has 17 heteroatoms. The van der Waals surface area contributed by atoms with E-state index in [2.05, 4.69) is 15.0 Å². The Kier molecular flexibility index (Phi) is 10.5. The topological polar surface area (TPSA) is 188 Å². The van der Waals surface area contributed by atoms with E-state index in [1.54, 1.807) is 39.0 Å². The summed E-state index contributed by atoms with van der Waals surface area (Å²) in [5.74, 6) is -2.91. The lowest BCUT2D eigenvalue weighted by molar-refractivity contribution is -0.176. The van der Waals surface area contributed by atoms with Gasteiger partial charge in [-0.3, -0.25) is 24.2 Å². The SMILES string of the molecule is CC(C)(C)OC(=O)C[C@H](NC(=O)[C@@H]1CCCN2C(=O)CC[C@H](NS(C)(=O)=O)C(=O)N12)C(O)c1ncc(-c2c(Cl)cccc2Cl)o1. The number of nitrogens with one attached hydrogen (secondary N) is 2. The number of oxazole rings is 1. The van der Waals surface area contributed by atoms with E-state index in [1.807, 2.05) is 0 Å². The molecule has 0 aliphatic carbocycles. The van der Waals surface area contributed by atoms with Crippen molar-refractivity contribution in [3.63, 3.8) is 0 Å². The summed E-state index contributed by atoms with van der Waals surface area (Å²) in [5.41, 5.74) is -0.555. The second kappa shape index (κ2) is 13.6. The van der Waals surface area contributed by atoms with Gasteiger partial charge in [-0.1, -0.05) is 29.3 Å². The van der Waals surface area contributed by atoms with E-state index in [0.29, 0.717) is 12.0 Å². The highest BCUT2D eigenvalue weighted by atomic mass is 35.5. The minimum Gasteiger partial charge on any atom is -0.460 e. The van der Waals surface area contributed by atoms with E-state index in [-0.39, 0.29) is 47.5 Å². The minimum atomic E-state index is -3.83. The number of rotatable bonds is 9. The standard InChI is InChI=1S/C28H35Cl2N5O9S/c1-28(2,3)44-22(37)13-18(24(38)26-31-14-20(43-26)23-15(29)7-5-8-16(23)30)32-25(39)19-9-6-12-34-21(36)11-10-17(27(40)35(19)34)33-45(4,41)42/h5,7-8,14,17-19,24,33,38H,6,9-13H2,1-4H3,(H,32,39)/t17-,18-,19-,24?/m0/s1. The zero-order chi connectivity index (χ0) is 33.3. The van der Waals surface area contributed by atoms with Crippen molar-refractivity contribution < 1.29 is 41.9 Å². The van der Waals surface area contributed by atoms with Crippen molar-refractivity contribution in [3.05, 3.63) is 40.3 Å². The fourth-order valence-electron chi connectivity index (χ4n) is 5.17. The average molecular weight is 689 g/mol. The van der Waals surface area contributed by atoms with Crippen LogP contribution in [0.4, 0.5) is 0 Å². The Morgan fingerprint density at radius 3 is 2.49 bits per heavy atom. The lowest BCUT2D eigenvalue weighted by Gasteiger charge is -2.43. The fourth-order valence-corrected chi connectivity index (χ4v) is 6.49. The van der Waals surface area contributed by atoms with Crippen LogP contribution in [-0.4, -0.2) is 88.7 Å². The number of hydrogen-bond acceptors (Lipinski definition) is 10.